The number of carbonyl (C=O) groups is 2. The van der Waals surface area contributed by atoms with Crippen LogP contribution < -0.4 is 19.1 Å². The quantitative estimate of drug-likeness (QED) is 0.391. The van der Waals surface area contributed by atoms with Gasteiger partial charge in [0.05, 0.1) is 33.6 Å². The summed E-state index contributed by atoms with van der Waals surface area (Å²) in [6.45, 7) is -0.0124. The van der Waals surface area contributed by atoms with E-state index in [1.165, 1.54) is 38.5 Å². The molecule has 1 unspecified atom stereocenters. The van der Waals surface area contributed by atoms with Crippen molar-refractivity contribution in [1.82, 2.24) is 4.98 Å². The summed E-state index contributed by atoms with van der Waals surface area (Å²) in [5.74, 6) is -0.688. The van der Waals surface area contributed by atoms with Crippen LogP contribution in [-0.2, 0) is 16.1 Å². The van der Waals surface area contributed by atoms with Gasteiger partial charge in [0.15, 0.2) is 0 Å². The average Bonchev–Trinajstić information content (AvgIpc) is 2.90. The molecule has 0 aliphatic heterocycles. The lowest BCUT2D eigenvalue weighted by Crippen LogP contribution is -2.30. The van der Waals surface area contributed by atoms with Gasteiger partial charge in [-0.25, -0.2) is 9.78 Å². The number of halogens is 1. The molecule has 0 aliphatic carbocycles. The molecule has 0 saturated heterocycles. The Morgan fingerprint density at radius 1 is 1.03 bits per heavy atom. The van der Waals surface area contributed by atoms with E-state index in [9.17, 15) is 14.7 Å². The molecule has 0 bridgehead atoms. The molecule has 36 heavy (non-hydrogen) atoms. The van der Waals surface area contributed by atoms with E-state index in [1.807, 2.05) is 0 Å². The Morgan fingerprint density at radius 3 is 2.47 bits per heavy atom. The van der Waals surface area contributed by atoms with Crippen LogP contribution in [0.4, 0.5) is 5.69 Å². The van der Waals surface area contributed by atoms with Gasteiger partial charge in [-0.3, -0.25) is 4.79 Å². The largest absolute Gasteiger partial charge is 0.497 e. The molecule has 1 amide bonds. The number of aromatic nitrogens is 1. The molecular formula is C26H25ClN2O7. The average molecular weight is 513 g/mol. The van der Waals surface area contributed by atoms with Gasteiger partial charge in [-0.05, 0) is 42.5 Å². The van der Waals surface area contributed by atoms with Gasteiger partial charge < -0.3 is 29.3 Å². The van der Waals surface area contributed by atoms with Crippen molar-refractivity contribution >= 4 is 29.2 Å². The first kappa shape index (κ1) is 26.5. The lowest BCUT2D eigenvalue weighted by atomic mass is 9.99. The number of anilines is 1. The Labute approximate surface area is 213 Å². The second-order valence-corrected chi connectivity index (χ2v) is 7.92. The van der Waals surface area contributed by atoms with Gasteiger partial charge >= 0.3 is 5.97 Å². The Bertz CT molecular complexity index is 1280. The number of rotatable bonds is 10. The number of aliphatic hydroxyl groups is 1. The minimum atomic E-state index is -1.28. The van der Waals surface area contributed by atoms with E-state index in [1.54, 1.807) is 42.5 Å². The van der Waals surface area contributed by atoms with Crippen LogP contribution in [0.15, 0.2) is 66.9 Å². The molecule has 2 N–H and O–H groups in total. The third-order valence-electron chi connectivity index (χ3n) is 5.32. The van der Waals surface area contributed by atoms with Gasteiger partial charge in [-0.1, -0.05) is 11.6 Å². The minimum Gasteiger partial charge on any atom is -0.497 e. The van der Waals surface area contributed by atoms with E-state index in [-0.39, 0.29) is 12.4 Å². The SMILES string of the molecule is COc1ccc(CN(C(=O)/C=C\C(=O)O)c2ccc(Cl)cc2C(O)c2cccnc2OC)c(OC)c1. The molecule has 1 atom stereocenters. The van der Waals surface area contributed by atoms with Gasteiger partial charge in [0.1, 0.15) is 17.6 Å². The molecule has 9 nitrogen and oxygen atoms in total. The van der Waals surface area contributed by atoms with Crippen LogP contribution in [-0.4, -0.2) is 48.4 Å². The number of pyridine rings is 1. The Morgan fingerprint density at radius 2 is 1.81 bits per heavy atom. The van der Waals surface area contributed by atoms with Crippen molar-refractivity contribution < 1.29 is 34.0 Å². The Hall–Kier alpha value is -4.08. The number of ether oxygens (including phenoxy) is 3. The van der Waals surface area contributed by atoms with Crippen LogP contribution in [0.5, 0.6) is 17.4 Å². The zero-order valence-electron chi connectivity index (χ0n) is 19.8. The van der Waals surface area contributed by atoms with E-state index in [0.717, 1.165) is 12.2 Å². The number of hydrogen-bond acceptors (Lipinski definition) is 7. The molecule has 1 heterocycles. The summed E-state index contributed by atoms with van der Waals surface area (Å²) in [7, 11) is 4.44. The number of amides is 1. The fourth-order valence-electron chi connectivity index (χ4n) is 3.61. The standard InChI is InChI=1S/C26H25ClN2O7/c1-34-18-8-6-16(22(14-18)35-2)15-29(23(30)10-11-24(31)32)21-9-7-17(27)13-20(21)25(33)19-5-4-12-28-26(19)36-3/h4-14,25,33H,15H2,1-3H3,(H,31,32)/b11-10-. The smallest absolute Gasteiger partial charge is 0.328 e. The number of nitrogens with zero attached hydrogens (tertiary/aromatic N) is 2. The molecule has 3 aromatic rings. The topological polar surface area (TPSA) is 118 Å². The summed E-state index contributed by atoms with van der Waals surface area (Å²) in [5.41, 5.74) is 1.57. The van der Waals surface area contributed by atoms with Crippen molar-refractivity contribution in [1.29, 1.82) is 0 Å². The Balaban J connectivity index is 2.16. The van der Waals surface area contributed by atoms with Crippen LogP contribution in [0.2, 0.25) is 5.02 Å². The molecule has 188 valence electrons. The van der Waals surface area contributed by atoms with E-state index >= 15 is 0 Å². The van der Waals surface area contributed by atoms with E-state index in [2.05, 4.69) is 4.98 Å². The van der Waals surface area contributed by atoms with Gasteiger partial charge in [-0.15, -0.1) is 0 Å². The van der Waals surface area contributed by atoms with Crippen molar-refractivity contribution in [2.24, 2.45) is 0 Å². The lowest BCUT2D eigenvalue weighted by Gasteiger charge is -2.27. The number of aliphatic carboxylic acids is 1. The first-order chi connectivity index (χ1) is 17.3. The predicted octanol–water partition coefficient (Wildman–Crippen LogP) is 4.02. The van der Waals surface area contributed by atoms with Crippen LogP contribution in [0.3, 0.4) is 0 Å². The first-order valence-corrected chi connectivity index (χ1v) is 11.1. The summed E-state index contributed by atoms with van der Waals surface area (Å²) < 4.78 is 16.0. The lowest BCUT2D eigenvalue weighted by molar-refractivity contribution is -0.131. The highest BCUT2D eigenvalue weighted by molar-refractivity contribution is 6.30. The number of carboxylic acid groups (broad SMARTS) is 1. The van der Waals surface area contributed by atoms with Gasteiger partial charge in [0.2, 0.25) is 5.88 Å². The monoisotopic (exact) mass is 512 g/mol. The number of carboxylic acids is 1. The molecular weight excluding hydrogens is 488 g/mol. The normalized spacial score (nSPS) is 11.7. The maximum Gasteiger partial charge on any atom is 0.328 e. The number of aliphatic hydroxyl groups excluding tert-OH is 1. The second kappa shape index (κ2) is 12.1. The molecule has 10 heteroatoms. The molecule has 0 spiro atoms. The number of carbonyl (C=O) groups excluding carboxylic acids is 1. The number of methoxy groups -OCH3 is 3. The maximum absolute atomic E-state index is 13.3. The summed E-state index contributed by atoms with van der Waals surface area (Å²) in [5, 5.41) is 20.7. The van der Waals surface area contributed by atoms with Gasteiger partial charge in [-0.2, -0.15) is 0 Å². The van der Waals surface area contributed by atoms with E-state index < -0.39 is 18.0 Å². The van der Waals surface area contributed by atoms with Crippen molar-refractivity contribution in [2.45, 2.75) is 12.6 Å². The molecule has 0 aliphatic rings. The summed E-state index contributed by atoms with van der Waals surface area (Å²) in [6, 6.07) is 13.1. The summed E-state index contributed by atoms with van der Waals surface area (Å²) in [4.78, 5) is 29.8. The highest BCUT2D eigenvalue weighted by Gasteiger charge is 2.26. The molecule has 3 rings (SSSR count). The van der Waals surface area contributed by atoms with Gasteiger partial charge in [0, 0.05) is 46.1 Å². The van der Waals surface area contributed by atoms with Gasteiger partial charge in [0.25, 0.3) is 5.91 Å². The van der Waals surface area contributed by atoms with Crippen molar-refractivity contribution in [3.8, 4) is 17.4 Å². The highest BCUT2D eigenvalue weighted by Crippen LogP contribution is 2.37. The number of benzene rings is 2. The molecule has 0 saturated carbocycles. The maximum atomic E-state index is 13.3. The highest BCUT2D eigenvalue weighted by atomic mass is 35.5. The van der Waals surface area contributed by atoms with Crippen LogP contribution in [0, 0.1) is 0 Å². The van der Waals surface area contributed by atoms with E-state index in [0.29, 0.717) is 38.9 Å². The van der Waals surface area contributed by atoms with Crippen LogP contribution in [0.1, 0.15) is 22.8 Å². The number of hydrogen-bond donors (Lipinski definition) is 2. The summed E-state index contributed by atoms with van der Waals surface area (Å²) >= 11 is 6.26. The van der Waals surface area contributed by atoms with Crippen LogP contribution in [0.25, 0.3) is 0 Å². The second-order valence-electron chi connectivity index (χ2n) is 7.48. The van der Waals surface area contributed by atoms with Crippen molar-refractivity contribution in [3.63, 3.8) is 0 Å². The zero-order valence-corrected chi connectivity index (χ0v) is 20.6. The fraction of sp³-hybridized carbons (Fsp3) is 0.192. The first-order valence-electron chi connectivity index (χ1n) is 10.7. The van der Waals surface area contributed by atoms with Crippen molar-refractivity contribution in [2.75, 3.05) is 26.2 Å². The molecule has 2 aromatic carbocycles. The Kier molecular flexibility index (Phi) is 8.88. The van der Waals surface area contributed by atoms with E-state index in [4.69, 9.17) is 30.9 Å². The summed E-state index contributed by atoms with van der Waals surface area (Å²) in [6.07, 6.45) is 1.94. The predicted molar refractivity (Wildman–Crippen MR) is 134 cm³/mol. The van der Waals surface area contributed by atoms with Crippen molar-refractivity contribution in [3.05, 3.63) is 88.6 Å². The third kappa shape index (κ3) is 6.12. The molecule has 1 aromatic heterocycles. The zero-order chi connectivity index (χ0) is 26.2. The third-order valence-corrected chi connectivity index (χ3v) is 5.56. The molecule has 0 radical (unpaired) electrons. The molecule has 0 fully saturated rings. The fourth-order valence-corrected chi connectivity index (χ4v) is 3.79. The van der Waals surface area contributed by atoms with Crippen LogP contribution >= 0.6 is 11.6 Å². The minimum absolute atomic E-state index is 0.0124.